The number of rotatable bonds is 6. The summed E-state index contributed by atoms with van der Waals surface area (Å²) in [5.74, 6) is -0.727. The summed E-state index contributed by atoms with van der Waals surface area (Å²) < 4.78 is 11.2. The Morgan fingerprint density at radius 2 is 1.88 bits per heavy atom. The number of halogens is 1. The van der Waals surface area contributed by atoms with Gasteiger partial charge in [0.2, 0.25) is 0 Å². The van der Waals surface area contributed by atoms with E-state index in [-0.39, 0.29) is 6.61 Å². The summed E-state index contributed by atoms with van der Waals surface area (Å²) >= 11 is 6.30. The van der Waals surface area contributed by atoms with Gasteiger partial charge in [-0.1, -0.05) is 65.7 Å². The van der Waals surface area contributed by atoms with Crippen LogP contribution >= 0.6 is 11.6 Å². The van der Waals surface area contributed by atoms with E-state index in [2.05, 4.69) is 0 Å². The maximum atomic E-state index is 13.2. The first kappa shape index (κ1) is 22.7. The van der Waals surface area contributed by atoms with Gasteiger partial charge in [-0.05, 0) is 48.2 Å². The highest BCUT2D eigenvalue weighted by Crippen LogP contribution is 2.40. The highest BCUT2D eigenvalue weighted by atomic mass is 35.5. The molecule has 6 nitrogen and oxygen atoms in total. The molecule has 0 spiro atoms. The first-order valence-electron chi connectivity index (χ1n) is 10.6. The number of benzene rings is 3. The predicted molar refractivity (Wildman–Crippen MR) is 125 cm³/mol. The Labute approximate surface area is 197 Å². The molecular formula is C26H24ClNO5. The van der Waals surface area contributed by atoms with Crippen LogP contribution in [0.25, 0.3) is 0 Å². The molecule has 1 amide bonds. The number of fused-ring (bicyclic) bond motifs is 1. The minimum Gasteiger partial charge on any atom is -0.482 e. The van der Waals surface area contributed by atoms with E-state index in [1.807, 2.05) is 55.5 Å². The van der Waals surface area contributed by atoms with Gasteiger partial charge in [-0.15, -0.1) is 0 Å². The van der Waals surface area contributed by atoms with Crippen molar-refractivity contribution in [2.24, 2.45) is 0 Å². The van der Waals surface area contributed by atoms with Crippen molar-refractivity contribution >= 4 is 23.7 Å². The van der Waals surface area contributed by atoms with E-state index < -0.39 is 24.7 Å². The average Bonchev–Trinajstić information content (AvgIpc) is 2.81. The van der Waals surface area contributed by atoms with Crippen molar-refractivity contribution in [1.29, 1.82) is 0 Å². The van der Waals surface area contributed by atoms with Crippen molar-refractivity contribution in [3.63, 3.8) is 0 Å². The number of hydrogen-bond donors (Lipinski definition) is 1. The van der Waals surface area contributed by atoms with Crippen LogP contribution in [0.2, 0.25) is 5.02 Å². The number of aliphatic carboxylic acids is 1. The van der Waals surface area contributed by atoms with Crippen LogP contribution in [0.4, 0.5) is 4.79 Å². The van der Waals surface area contributed by atoms with Gasteiger partial charge < -0.3 is 14.6 Å². The van der Waals surface area contributed by atoms with Gasteiger partial charge in [-0.3, -0.25) is 4.90 Å². The minimum absolute atomic E-state index is 0.156. The first-order valence-corrected chi connectivity index (χ1v) is 11.0. The number of nitrogens with zero attached hydrogens (tertiary/aromatic N) is 1. The molecule has 3 aromatic carbocycles. The van der Waals surface area contributed by atoms with Crippen molar-refractivity contribution < 1.29 is 24.2 Å². The topological polar surface area (TPSA) is 76.1 Å². The largest absolute Gasteiger partial charge is 0.482 e. The lowest BCUT2D eigenvalue weighted by molar-refractivity contribution is -0.139. The molecule has 0 bridgehead atoms. The summed E-state index contributed by atoms with van der Waals surface area (Å²) in [6, 6.07) is 20.1. The van der Waals surface area contributed by atoms with Gasteiger partial charge in [0.1, 0.15) is 12.4 Å². The number of carboxylic acid groups (broad SMARTS) is 1. The van der Waals surface area contributed by atoms with Crippen molar-refractivity contribution in [2.45, 2.75) is 26.0 Å². The van der Waals surface area contributed by atoms with Crippen LogP contribution < -0.4 is 4.74 Å². The second-order valence-electron chi connectivity index (χ2n) is 7.95. The summed E-state index contributed by atoms with van der Waals surface area (Å²) in [7, 11) is 0. The summed E-state index contributed by atoms with van der Waals surface area (Å²) in [5.41, 5.74) is 4.65. The van der Waals surface area contributed by atoms with Crippen LogP contribution in [0, 0.1) is 6.92 Å². The van der Waals surface area contributed by atoms with E-state index in [1.165, 1.54) is 0 Å². The number of aryl methyl sites for hydroxylation is 1. The molecular weight excluding hydrogens is 442 g/mol. The molecule has 0 saturated heterocycles. The molecule has 170 valence electrons. The van der Waals surface area contributed by atoms with Crippen LogP contribution in [0.5, 0.6) is 5.75 Å². The van der Waals surface area contributed by atoms with E-state index in [0.717, 1.165) is 22.3 Å². The fraction of sp³-hybridized carbons (Fsp3) is 0.231. The molecule has 0 aliphatic carbocycles. The molecule has 0 aromatic heterocycles. The van der Waals surface area contributed by atoms with E-state index in [9.17, 15) is 9.59 Å². The van der Waals surface area contributed by atoms with E-state index in [0.29, 0.717) is 29.3 Å². The molecule has 0 radical (unpaired) electrons. The van der Waals surface area contributed by atoms with E-state index in [1.54, 1.807) is 23.1 Å². The van der Waals surface area contributed by atoms with Crippen molar-refractivity contribution in [1.82, 2.24) is 4.90 Å². The Hall–Kier alpha value is -3.51. The van der Waals surface area contributed by atoms with Gasteiger partial charge in [0.25, 0.3) is 0 Å². The number of carbonyl (C=O) groups excluding carboxylic acids is 1. The molecule has 4 rings (SSSR count). The summed E-state index contributed by atoms with van der Waals surface area (Å²) in [4.78, 5) is 26.0. The first-order chi connectivity index (χ1) is 15.9. The maximum absolute atomic E-state index is 13.2. The lowest BCUT2D eigenvalue weighted by atomic mass is 9.88. The van der Waals surface area contributed by atoms with Crippen molar-refractivity contribution in [2.75, 3.05) is 13.2 Å². The lowest BCUT2D eigenvalue weighted by Gasteiger charge is -2.37. The fourth-order valence-corrected chi connectivity index (χ4v) is 4.31. The van der Waals surface area contributed by atoms with Crippen LogP contribution in [0.3, 0.4) is 0 Å². The molecule has 1 heterocycles. The van der Waals surface area contributed by atoms with Gasteiger partial charge in [0.15, 0.2) is 6.61 Å². The third-order valence-corrected chi connectivity index (χ3v) is 5.82. The number of carboxylic acids is 1. The number of carbonyl (C=O) groups is 2. The zero-order chi connectivity index (χ0) is 23.4. The predicted octanol–water partition coefficient (Wildman–Crippen LogP) is 5.40. The molecule has 1 unspecified atom stereocenters. The molecule has 0 fully saturated rings. The Morgan fingerprint density at radius 3 is 2.67 bits per heavy atom. The molecule has 1 aliphatic rings. The zero-order valence-electron chi connectivity index (χ0n) is 18.2. The summed E-state index contributed by atoms with van der Waals surface area (Å²) in [6.45, 7) is 2.09. The molecule has 3 aromatic rings. The SMILES string of the molecule is Cc1cccc(COC(=O)N2CCc3ccccc3C2c2cc(Cl)ccc2OCC(=O)O)c1. The van der Waals surface area contributed by atoms with Crippen LogP contribution in [-0.4, -0.2) is 35.2 Å². The standard InChI is InChI=1S/C26H24ClNO5/c1-17-5-4-6-18(13-17)15-33-26(31)28-12-11-19-7-2-3-8-21(19)25(28)22-14-20(27)9-10-23(22)32-16-24(29)30/h2-10,13-14,25H,11-12,15-16H2,1H3,(H,29,30). The molecule has 33 heavy (non-hydrogen) atoms. The Balaban J connectivity index is 1.68. The number of ether oxygens (including phenoxy) is 2. The van der Waals surface area contributed by atoms with Crippen LogP contribution in [0.1, 0.15) is 33.9 Å². The second kappa shape index (κ2) is 9.96. The number of amides is 1. The Bertz CT molecular complexity index is 1180. The smallest absolute Gasteiger partial charge is 0.410 e. The molecule has 1 aliphatic heterocycles. The Morgan fingerprint density at radius 1 is 1.06 bits per heavy atom. The van der Waals surface area contributed by atoms with Crippen LogP contribution in [-0.2, 0) is 22.6 Å². The fourth-order valence-electron chi connectivity index (χ4n) is 4.13. The molecule has 0 saturated carbocycles. The third-order valence-electron chi connectivity index (χ3n) is 5.58. The molecule has 1 atom stereocenters. The van der Waals surface area contributed by atoms with Crippen molar-refractivity contribution in [3.05, 3.63) is 99.6 Å². The molecule has 1 N–H and O–H groups in total. The zero-order valence-corrected chi connectivity index (χ0v) is 18.9. The summed E-state index contributed by atoms with van der Waals surface area (Å²) in [5, 5.41) is 9.55. The summed E-state index contributed by atoms with van der Waals surface area (Å²) in [6.07, 6.45) is 0.220. The minimum atomic E-state index is -1.09. The monoisotopic (exact) mass is 465 g/mol. The van der Waals surface area contributed by atoms with Crippen LogP contribution in [0.15, 0.2) is 66.7 Å². The van der Waals surface area contributed by atoms with Crippen molar-refractivity contribution in [3.8, 4) is 5.75 Å². The highest BCUT2D eigenvalue weighted by molar-refractivity contribution is 6.30. The average molecular weight is 466 g/mol. The second-order valence-corrected chi connectivity index (χ2v) is 8.39. The van der Waals surface area contributed by atoms with Gasteiger partial charge >= 0.3 is 12.1 Å². The molecule has 7 heteroatoms. The van der Waals surface area contributed by atoms with E-state index in [4.69, 9.17) is 26.2 Å². The maximum Gasteiger partial charge on any atom is 0.410 e. The highest BCUT2D eigenvalue weighted by Gasteiger charge is 2.35. The van der Waals surface area contributed by atoms with E-state index >= 15 is 0 Å². The Kier molecular flexibility index (Phi) is 6.84. The third kappa shape index (κ3) is 5.29. The van der Waals surface area contributed by atoms with Gasteiger partial charge in [-0.2, -0.15) is 0 Å². The van der Waals surface area contributed by atoms with Gasteiger partial charge in [-0.25, -0.2) is 9.59 Å². The van der Waals surface area contributed by atoms with Gasteiger partial charge in [0, 0.05) is 17.1 Å². The quantitative estimate of drug-likeness (QED) is 0.527. The lowest BCUT2D eigenvalue weighted by Crippen LogP contribution is -2.41. The van der Waals surface area contributed by atoms with Gasteiger partial charge in [0.05, 0.1) is 6.04 Å². The number of hydrogen-bond acceptors (Lipinski definition) is 4. The normalized spacial score (nSPS) is 15.0.